The minimum Gasteiger partial charge on any atom is -0.475 e. The van der Waals surface area contributed by atoms with E-state index in [4.69, 9.17) is 9.47 Å². The summed E-state index contributed by atoms with van der Waals surface area (Å²) in [6.07, 6.45) is 3.63. The smallest absolute Gasteiger partial charge is 0.259 e. The Morgan fingerprint density at radius 1 is 1.36 bits per heavy atom. The molecule has 0 atom stereocenters. The number of piperidine rings is 1. The molecule has 1 aromatic rings. The van der Waals surface area contributed by atoms with Crippen molar-refractivity contribution in [2.75, 3.05) is 47.5 Å². The number of pyridine rings is 1. The van der Waals surface area contributed by atoms with Gasteiger partial charge in [-0.2, -0.15) is 0 Å². The molecular weight excluding hydrogens is 282 g/mol. The molecule has 0 bridgehead atoms. The van der Waals surface area contributed by atoms with E-state index in [0.717, 1.165) is 25.9 Å². The molecule has 6 nitrogen and oxygen atoms in total. The largest absolute Gasteiger partial charge is 0.475 e. The van der Waals surface area contributed by atoms with Crippen LogP contribution in [-0.2, 0) is 4.74 Å². The van der Waals surface area contributed by atoms with Crippen molar-refractivity contribution < 1.29 is 14.3 Å². The summed E-state index contributed by atoms with van der Waals surface area (Å²) in [4.78, 5) is 21.0. The second-order valence-electron chi connectivity index (χ2n) is 5.68. The Morgan fingerprint density at radius 3 is 2.73 bits per heavy atom. The molecular formula is C16H25N3O3. The fourth-order valence-electron chi connectivity index (χ4n) is 2.65. The Balaban J connectivity index is 2.00. The van der Waals surface area contributed by atoms with E-state index in [2.05, 4.69) is 24.0 Å². The summed E-state index contributed by atoms with van der Waals surface area (Å²) >= 11 is 0. The van der Waals surface area contributed by atoms with E-state index >= 15 is 0 Å². The molecule has 6 heteroatoms. The van der Waals surface area contributed by atoms with Crippen molar-refractivity contribution >= 4 is 5.91 Å². The molecule has 1 aliphatic heterocycles. The zero-order valence-corrected chi connectivity index (χ0v) is 13.6. The number of nitrogens with zero attached hydrogens (tertiary/aromatic N) is 3. The molecule has 0 unspecified atom stereocenters. The van der Waals surface area contributed by atoms with E-state index in [1.807, 2.05) is 4.90 Å². The van der Waals surface area contributed by atoms with Crippen LogP contribution in [-0.4, -0.2) is 74.2 Å². The van der Waals surface area contributed by atoms with E-state index in [1.165, 1.54) is 0 Å². The maximum Gasteiger partial charge on any atom is 0.259 e. The van der Waals surface area contributed by atoms with Crippen LogP contribution in [0.15, 0.2) is 18.3 Å². The van der Waals surface area contributed by atoms with E-state index < -0.39 is 0 Å². The van der Waals surface area contributed by atoms with Gasteiger partial charge in [0, 0.05) is 32.4 Å². The topological polar surface area (TPSA) is 54.9 Å². The zero-order valence-electron chi connectivity index (χ0n) is 13.6. The van der Waals surface area contributed by atoms with Gasteiger partial charge in [0.2, 0.25) is 5.88 Å². The minimum absolute atomic E-state index is 0.00211. The number of hydrogen-bond acceptors (Lipinski definition) is 5. The van der Waals surface area contributed by atoms with Gasteiger partial charge in [-0.05, 0) is 39.1 Å². The molecule has 0 N–H and O–H groups in total. The molecule has 1 saturated heterocycles. The molecule has 0 aromatic carbocycles. The Morgan fingerprint density at radius 2 is 2.09 bits per heavy atom. The van der Waals surface area contributed by atoms with Crippen LogP contribution in [0.25, 0.3) is 0 Å². The van der Waals surface area contributed by atoms with Crippen LogP contribution in [0.5, 0.6) is 5.88 Å². The van der Waals surface area contributed by atoms with E-state index in [9.17, 15) is 4.79 Å². The van der Waals surface area contributed by atoms with Crippen molar-refractivity contribution in [3.63, 3.8) is 0 Å². The SMILES string of the molecule is COCCOc1ncccc1C(=O)N1CCC(N(C)C)CC1. The van der Waals surface area contributed by atoms with E-state index in [-0.39, 0.29) is 5.91 Å². The second kappa shape index (κ2) is 8.10. The Kier molecular flexibility index (Phi) is 6.15. The number of hydrogen-bond donors (Lipinski definition) is 0. The molecule has 1 aromatic heterocycles. The van der Waals surface area contributed by atoms with Crippen molar-refractivity contribution in [2.24, 2.45) is 0 Å². The molecule has 22 heavy (non-hydrogen) atoms. The van der Waals surface area contributed by atoms with Crippen LogP contribution in [0, 0.1) is 0 Å². The Bertz CT molecular complexity index is 485. The number of ether oxygens (including phenoxy) is 2. The molecule has 2 heterocycles. The maximum absolute atomic E-state index is 12.7. The standard InChI is InChI=1S/C16H25N3O3/c1-18(2)13-6-9-19(10-7-13)16(20)14-5-4-8-17-15(14)22-12-11-21-3/h4-5,8,13H,6-7,9-12H2,1-3H3. The first-order valence-electron chi connectivity index (χ1n) is 7.66. The average Bonchev–Trinajstić information content (AvgIpc) is 2.55. The number of rotatable bonds is 6. The van der Waals surface area contributed by atoms with Crippen molar-refractivity contribution in [3.05, 3.63) is 23.9 Å². The van der Waals surface area contributed by atoms with Gasteiger partial charge in [0.15, 0.2) is 0 Å². The number of likely N-dealkylation sites (tertiary alicyclic amines) is 1. The van der Waals surface area contributed by atoms with Crippen molar-refractivity contribution in [1.29, 1.82) is 0 Å². The summed E-state index contributed by atoms with van der Waals surface area (Å²) in [7, 11) is 5.79. The van der Waals surface area contributed by atoms with Gasteiger partial charge in [0.1, 0.15) is 12.2 Å². The van der Waals surface area contributed by atoms with Gasteiger partial charge in [-0.25, -0.2) is 4.98 Å². The summed E-state index contributed by atoms with van der Waals surface area (Å²) < 4.78 is 10.5. The Labute approximate surface area is 132 Å². The minimum atomic E-state index is -0.00211. The number of aromatic nitrogens is 1. The van der Waals surface area contributed by atoms with Crippen molar-refractivity contribution in [2.45, 2.75) is 18.9 Å². The third kappa shape index (κ3) is 4.18. The van der Waals surface area contributed by atoms with Gasteiger partial charge in [-0.15, -0.1) is 0 Å². The maximum atomic E-state index is 12.7. The molecule has 0 radical (unpaired) electrons. The van der Waals surface area contributed by atoms with Crippen LogP contribution < -0.4 is 4.74 Å². The molecule has 1 amide bonds. The summed E-state index contributed by atoms with van der Waals surface area (Å²) in [5, 5.41) is 0. The number of methoxy groups -OCH3 is 1. The highest BCUT2D eigenvalue weighted by Crippen LogP contribution is 2.21. The normalized spacial score (nSPS) is 16.1. The molecule has 122 valence electrons. The van der Waals surface area contributed by atoms with Crippen LogP contribution in [0.3, 0.4) is 0 Å². The summed E-state index contributed by atoms with van der Waals surface area (Å²) in [5.74, 6) is 0.386. The van der Waals surface area contributed by atoms with E-state index in [0.29, 0.717) is 30.7 Å². The van der Waals surface area contributed by atoms with Gasteiger partial charge in [0.25, 0.3) is 5.91 Å². The van der Waals surface area contributed by atoms with Gasteiger partial charge in [-0.3, -0.25) is 4.79 Å². The lowest BCUT2D eigenvalue weighted by Gasteiger charge is -2.35. The molecule has 1 fully saturated rings. The highest BCUT2D eigenvalue weighted by atomic mass is 16.5. The lowest BCUT2D eigenvalue weighted by Crippen LogP contribution is -2.44. The van der Waals surface area contributed by atoms with Gasteiger partial charge < -0.3 is 19.3 Å². The van der Waals surface area contributed by atoms with E-state index in [1.54, 1.807) is 25.4 Å². The molecule has 0 aliphatic carbocycles. The van der Waals surface area contributed by atoms with Crippen molar-refractivity contribution in [3.8, 4) is 5.88 Å². The predicted octanol–water partition coefficient (Wildman–Crippen LogP) is 1.27. The fourth-order valence-corrected chi connectivity index (χ4v) is 2.65. The highest BCUT2D eigenvalue weighted by molar-refractivity contribution is 5.96. The fraction of sp³-hybridized carbons (Fsp3) is 0.625. The summed E-state index contributed by atoms with van der Waals surface area (Å²) in [5.41, 5.74) is 0.530. The first-order chi connectivity index (χ1) is 10.6. The zero-order chi connectivity index (χ0) is 15.9. The van der Waals surface area contributed by atoms with Crippen LogP contribution in [0.1, 0.15) is 23.2 Å². The number of carbonyl (C=O) groups excluding carboxylic acids is 1. The van der Waals surface area contributed by atoms with Crippen LogP contribution in [0.2, 0.25) is 0 Å². The molecule has 0 spiro atoms. The second-order valence-corrected chi connectivity index (χ2v) is 5.68. The summed E-state index contributed by atoms with van der Waals surface area (Å²) in [6.45, 7) is 2.40. The highest BCUT2D eigenvalue weighted by Gasteiger charge is 2.26. The monoisotopic (exact) mass is 307 g/mol. The van der Waals surface area contributed by atoms with Gasteiger partial charge in [-0.1, -0.05) is 0 Å². The quantitative estimate of drug-likeness (QED) is 0.741. The predicted molar refractivity (Wildman–Crippen MR) is 84.2 cm³/mol. The third-order valence-electron chi connectivity index (χ3n) is 4.01. The summed E-state index contributed by atoms with van der Waals surface area (Å²) in [6, 6.07) is 4.09. The number of amides is 1. The Hall–Kier alpha value is -1.66. The first kappa shape index (κ1) is 16.7. The molecule has 0 saturated carbocycles. The first-order valence-corrected chi connectivity index (χ1v) is 7.66. The number of carbonyl (C=O) groups is 1. The van der Waals surface area contributed by atoms with Gasteiger partial charge in [0.05, 0.1) is 6.61 Å². The third-order valence-corrected chi connectivity index (χ3v) is 4.01. The lowest BCUT2D eigenvalue weighted by atomic mass is 10.0. The van der Waals surface area contributed by atoms with Gasteiger partial charge >= 0.3 is 0 Å². The lowest BCUT2D eigenvalue weighted by molar-refractivity contribution is 0.0655. The molecule has 1 aliphatic rings. The average molecular weight is 307 g/mol. The van der Waals surface area contributed by atoms with Crippen LogP contribution >= 0.6 is 0 Å². The van der Waals surface area contributed by atoms with Crippen molar-refractivity contribution in [1.82, 2.24) is 14.8 Å². The van der Waals surface area contributed by atoms with Crippen LogP contribution in [0.4, 0.5) is 0 Å². The molecule has 2 rings (SSSR count).